The van der Waals surface area contributed by atoms with Crippen LogP contribution in [0.5, 0.6) is 0 Å². The summed E-state index contributed by atoms with van der Waals surface area (Å²) in [5.41, 5.74) is 5.68. The van der Waals surface area contributed by atoms with Crippen LogP contribution in [0.3, 0.4) is 0 Å². The second-order valence-corrected chi connectivity index (χ2v) is 3.94. The highest BCUT2D eigenvalue weighted by Gasteiger charge is 2.37. The molecule has 0 spiro atoms. The summed E-state index contributed by atoms with van der Waals surface area (Å²) in [6.45, 7) is 0.205. The summed E-state index contributed by atoms with van der Waals surface area (Å²) in [7, 11) is 1.44. The van der Waals surface area contributed by atoms with Crippen LogP contribution in [0.4, 0.5) is 13.2 Å². The fraction of sp³-hybridized carbons (Fsp3) is 0.333. The van der Waals surface area contributed by atoms with Gasteiger partial charge in [-0.15, -0.1) is 0 Å². The summed E-state index contributed by atoms with van der Waals surface area (Å²) in [4.78, 5) is 0. The van der Waals surface area contributed by atoms with Crippen LogP contribution in [0.1, 0.15) is 11.3 Å². The number of rotatable bonds is 2. The van der Waals surface area contributed by atoms with Crippen LogP contribution in [-0.4, -0.2) is 11.1 Å². The maximum atomic E-state index is 13.0. The van der Waals surface area contributed by atoms with Gasteiger partial charge in [0.15, 0.2) is 0 Å². The Labute approximate surface area is 96.8 Å². The van der Waals surface area contributed by atoms with Gasteiger partial charge in [-0.05, 0) is 24.6 Å². The van der Waals surface area contributed by atoms with Crippen molar-refractivity contribution in [2.24, 2.45) is 12.8 Å². The first-order chi connectivity index (χ1) is 7.96. The number of para-hydroxylation sites is 1. The van der Waals surface area contributed by atoms with Crippen molar-refractivity contribution in [1.82, 2.24) is 4.57 Å². The summed E-state index contributed by atoms with van der Waals surface area (Å²) >= 11 is 0. The Hall–Kier alpha value is -1.49. The molecule has 17 heavy (non-hydrogen) atoms. The minimum Gasteiger partial charge on any atom is -0.340 e. The quantitative estimate of drug-likeness (QED) is 0.862. The van der Waals surface area contributed by atoms with E-state index in [-0.39, 0.29) is 18.5 Å². The molecule has 0 aliphatic carbocycles. The van der Waals surface area contributed by atoms with Crippen LogP contribution in [-0.2, 0) is 19.6 Å². The topological polar surface area (TPSA) is 30.9 Å². The van der Waals surface area contributed by atoms with Crippen molar-refractivity contribution in [3.8, 4) is 0 Å². The first kappa shape index (κ1) is 12.0. The Bertz CT molecular complexity index is 540. The molecule has 1 aromatic carbocycles. The smallest absolute Gasteiger partial charge is 0.340 e. The first-order valence-corrected chi connectivity index (χ1v) is 5.30. The first-order valence-electron chi connectivity index (χ1n) is 5.30. The lowest BCUT2D eigenvalue weighted by atomic mass is 10.1. The van der Waals surface area contributed by atoms with Gasteiger partial charge in [-0.2, -0.15) is 13.2 Å². The van der Waals surface area contributed by atoms with E-state index in [2.05, 4.69) is 0 Å². The summed E-state index contributed by atoms with van der Waals surface area (Å²) < 4.78 is 40.2. The lowest BCUT2D eigenvalue weighted by Gasteiger charge is -2.10. The van der Waals surface area contributed by atoms with E-state index in [4.69, 9.17) is 5.73 Å². The van der Waals surface area contributed by atoms with Gasteiger partial charge in [-0.25, -0.2) is 0 Å². The molecule has 0 bridgehead atoms. The molecule has 0 radical (unpaired) electrons. The van der Waals surface area contributed by atoms with Gasteiger partial charge < -0.3 is 10.3 Å². The van der Waals surface area contributed by atoms with Crippen molar-refractivity contribution in [1.29, 1.82) is 0 Å². The summed E-state index contributed by atoms with van der Waals surface area (Å²) in [5, 5.41) is 0.632. The number of nitrogens with two attached hydrogens (primary N) is 1. The van der Waals surface area contributed by atoms with Crippen molar-refractivity contribution >= 4 is 10.9 Å². The standard InChI is InChI=1S/C12H13F3N2/c1-17-10-5-3-2-4-8(10)9(6-7-16)11(17)12(13,14)15/h2-5H,6-7,16H2,1H3. The third-order valence-electron chi connectivity index (χ3n) is 2.87. The number of alkyl halides is 3. The average molecular weight is 242 g/mol. The van der Waals surface area contributed by atoms with Gasteiger partial charge in [-0.3, -0.25) is 0 Å². The second-order valence-electron chi connectivity index (χ2n) is 3.94. The average Bonchev–Trinajstić information content (AvgIpc) is 2.53. The molecule has 0 aliphatic heterocycles. The minimum absolute atomic E-state index is 0.205. The summed E-state index contributed by atoms with van der Waals surface area (Å²) in [5.74, 6) is 0. The highest BCUT2D eigenvalue weighted by atomic mass is 19.4. The molecular formula is C12H13F3N2. The molecule has 1 heterocycles. The molecule has 0 unspecified atom stereocenters. The van der Waals surface area contributed by atoms with Crippen LogP contribution in [0.2, 0.25) is 0 Å². The lowest BCUT2D eigenvalue weighted by molar-refractivity contribution is -0.143. The molecule has 0 amide bonds. The van der Waals surface area contributed by atoms with E-state index < -0.39 is 11.9 Å². The van der Waals surface area contributed by atoms with Gasteiger partial charge in [0.25, 0.3) is 0 Å². The highest BCUT2D eigenvalue weighted by Crippen LogP contribution is 2.37. The number of aromatic nitrogens is 1. The molecule has 5 heteroatoms. The van der Waals surface area contributed by atoms with Crippen LogP contribution in [0.15, 0.2) is 24.3 Å². The fourth-order valence-electron chi connectivity index (χ4n) is 2.23. The van der Waals surface area contributed by atoms with Gasteiger partial charge in [0.1, 0.15) is 5.69 Å². The molecule has 2 nitrogen and oxygen atoms in total. The number of hydrogen-bond acceptors (Lipinski definition) is 1. The van der Waals surface area contributed by atoms with Gasteiger partial charge in [0.05, 0.1) is 0 Å². The number of benzene rings is 1. The van der Waals surface area contributed by atoms with Crippen molar-refractivity contribution in [2.45, 2.75) is 12.6 Å². The zero-order valence-electron chi connectivity index (χ0n) is 9.38. The Morgan fingerprint density at radius 2 is 1.88 bits per heavy atom. The van der Waals surface area contributed by atoms with Gasteiger partial charge in [0, 0.05) is 18.0 Å². The van der Waals surface area contributed by atoms with E-state index in [1.807, 2.05) is 0 Å². The van der Waals surface area contributed by atoms with E-state index in [0.29, 0.717) is 10.9 Å². The molecule has 1 aromatic heterocycles. The third-order valence-corrected chi connectivity index (χ3v) is 2.87. The minimum atomic E-state index is -4.35. The van der Waals surface area contributed by atoms with Crippen LogP contribution in [0, 0.1) is 0 Å². The monoisotopic (exact) mass is 242 g/mol. The van der Waals surface area contributed by atoms with Crippen LogP contribution >= 0.6 is 0 Å². The van der Waals surface area contributed by atoms with E-state index in [1.54, 1.807) is 24.3 Å². The van der Waals surface area contributed by atoms with E-state index >= 15 is 0 Å². The SMILES string of the molecule is Cn1c(C(F)(F)F)c(CCN)c2ccccc21. The predicted molar refractivity (Wildman–Crippen MR) is 60.7 cm³/mol. The molecule has 0 fully saturated rings. The number of halogens is 3. The molecular weight excluding hydrogens is 229 g/mol. The Morgan fingerprint density at radius 3 is 2.47 bits per heavy atom. The molecule has 2 rings (SSSR count). The van der Waals surface area contributed by atoms with Crippen molar-refractivity contribution in [2.75, 3.05) is 6.54 Å². The van der Waals surface area contributed by atoms with Crippen LogP contribution < -0.4 is 5.73 Å². The third kappa shape index (κ3) is 1.91. The summed E-state index contributed by atoms with van der Waals surface area (Å²) in [6, 6.07) is 6.86. The van der Waals surface area contributed by atoms with Crippen LogP contribution in [0.25, 0.3) is 10.9 Å². The van der Waals surface area contributed by atoms with Crippen molar-refractivity contribution in [3.05, 3.63) is 35.5 Å². The normalized spacial score (nSPS) is 12.3. The Morgan fingerprint density at radius 1 is 1.24 bits per heavy atom. The van der Waals surface area contributed by atoms with Crippen molar-refractivity contribution in [3.63, 3.8) is 0 Å². The van der Waals surface area contributed by atoms with E-state index in [1.165, 1.54) is 11.6 Å². The predicted octanol–water partition coefficient (Wildman–Crippen LogP) is 2.70. The largest absolute Gasteiger partial charge is 0.431 e. The van der Waals surface area contributed by atoms with E-state index in [0.717, 1.165) is 0 Å². The highest BCUT2D eigenvalue weighted by molar-refractivity contribution is 5.85. The van der Waals surface area contributed by atoms with Crippen molar-refractivity contribution < 1.29 is 13.2 Å². The molecule has 0 atom stereocenters. The Balaban J connectivity index is 2.80. The molecule has 2 aromatic rings. The van der Waals surface area contributed by atoms with E-state index in [9.17, 15) is 13.2 Å². The zero-order valence-corrected chi connectivity index (χ0v) is 9.38. The van der Waals surface area contributed by atoms with Gasteiger partial charge >= 0.3 is 6.18 Å². The fourth-order valence-corrected chi connectivity index (χ4v) is 2.23. The number of hydrogen-bond donors (Lipinski definition) is 1. The molecule has 0 saturated heterocycles. The number of aryl methyl sites for hydroxylation is 1. The van der Waals surface area contributed by atoms with Gasteiger partial charge in [-0.1, -0.05) is 18.2 Å². The lowest BCUT2D eigenvalue weighted by Crippen LogP contribution is -2.15. The zero-order chi connectivity index (χ0) is 12.6. The maximum absolute atomic E-state index is 13.0. The molecule has 2 N–H and O–H groups in total. The number of nitrogens with zero attached hydrogens (tertiary/aromatic N) is 1. The van der Waals surface area contributed by atoms with Gasteiger partial charge in [0.2, 0.25) is 0 Å². The molecule has 92 valence electrons. The Kier molecular flexibility index (Phi) is 2.87. The maximum Gasteiger partial charge on any atom is 0.431 e. The molecule has 0 aliphatic rings. The second kappa shape index (κ2) is 4.07. The number of fused-ring (bicyclic) bond motifs is 1. The molecule has 0 saturated carbocycles. The summed E-state index contributed by atoms with van der Waals surface area (Å²) in [6.07, 6.45) is -4.12.